The zero-order valence-corrected chi connectivity index (χ0v) is 19.0. The molecule has 0 aliphatic carbocycles. The minimum atomic E-state index is -3.51. The summed E-state index contributed by atoms with van der Waals surface area (Å²) in [5, 5.41) is 0. The third kappa shape index (κ3) is 4.05. The van der Waals surface area contributed by atoms with Crippen LogP contribution in [0, 0.1) is 6.92 Å². The fraction of sp³-hybridized carbons (Fsp3) is 0.389. The first-order chi connectivity index (χ1) is 13.3. The van der Waals surface area contributed by atoms with E-state index in [1.54, 1.807) is 29.2 Å². The van der Waals surface area contributed by atoms with Crippen LogP contribution < -0.4 is 9.47 Å². The van der Waals surface area contributed by atoms with E-state index < -0.39 is 10.0 Å². The molecule has 0 saturated carbocycles. The number of nitrogens with zero attached hydrogens (tertiary/aromatic N) is 2. The Bertz CT molecular complexity index is 957. The molecule has 1 aliphatic rings. The summed E-state index contributed by atoms with van der Waals surface area (Å²) in [6, 6.07) is 6.72. The van der Waals surface area contributed by atoms with Crippen LogP contribution in [0.5, 0.6) is 11.5 Å². The minimum Gasteiger partial charge on any atom is -0.495 e. The van der Waals surface area contributed by atoms with Crippen LogP contribution >= 0.6 is 27.3 Å². The lowest BCUT2D eigenvalue weighted by Gasteiger charge is -2.33. The molecule has 1 aliphatic heterocycles. The van der Waals surface area contributed by atoms with Crippen molar-refractivity contribution in [3.05, 3.63) is 39.2 Å². The molecule has 152 valence electrons. The third-order valence-electron chi connectivity index (χ3n) is 4.53. The van der Waals surface area contributed by atoms with Gasteiger partial charge in [-0.15, -0.1) is 11.3 Å². The van der Waals surface area contributed by atoms with Crippen molar-refractivity contribution >= 4 is 43.2 Å². The molecule has 0 radical (unpaired) electrons. The number of thiophene rings is 1. The van der Waals surface area contributed by atoms with Crippen LogP contribution in [0.25, 0.3) is 0 Å². The van der Waals surface area contributed by atoms with Crippen molar-refractivity contribution in [3.63, 3.8) is 0 Å². The molecule has 1 aromatic heterocycles. The number of amides is 1. The zero-order valence-electron chi connectivity index (χ0n) is 15.8. The molecule has 7 nitrogen and oxygen atoms in total. The Labute approximate surface area is 177 Å². The highest BCUT2D eigenvalue weighted by Gasteiger charge is 2.31. The second-order valence-electron chi connectivity index (χ2n) is 6.26. The number of ether oxygens (including phenoxy) is 2. The normalized spacial score (nSPS) is 15.5. The first kappa shape index (κ1) is 21.1. The van der Waals surface area contributed by atoms with Crippen LogP contribution in [0.1, 0.15) is 15.2 Å². The first-order valence-electron chi connectivity index (χ1n) is 8.55. The van der Waals surface area contributed by atoms with Gasteiger partial charge in [0.1, 0.15) is 20.2 Å². The second kappa shape index (κ2) is 8.40. The van der Waals surface area contributed by atoms with Crippen LogP contribution in [0.4, 0.5) is 0 Å². The lowest BCUT2D eigenvalue weighted by Crippen LogP contribution is -2.50. The number of benzene rings is 1. The third-order valence-corrected chi connectivity index (χ3v) is 8.68. The Morgan fingerprint density at radius 2 is 1.64 bits per heavy atom. The van der Waals surface area contributed by atoms with Crippen molar-refractivity contribution < 1.29 is 22.7 Å². The Balaban J connectivity index is 1.74. The van der Waals surface area contributed by atoms with E-state index in [1.165, 1.54) is 29.9 Å². The van der Waals surface area contributed by atoms with Crippen molar-refractivity contribution in [3.8, 4) is 11.5 Å². The van der Waals surface area contributed by atoms with Crippen LogP contribution in [-0.2, 0) is 10.0 Å². The summed E-state index contributed by atoms with van der Waals surface area (Å²) in [6.45, 7) is 3.04. The topological polar surface area (TPSA) is 76.2 Å². The molecule has 2 heterocycles. The van der Waals surface area contributed by atoms with E-state index in [9.17, 15) is 13.2 Å². The van der Waals surface area contributed by atoms with E-state index in [0.717, 1.165) is 4.88 Å². The lowest BCUT2D eigenvalue weighted by molar-refractivity contribution is 0.0697. The number of hydrogen-bond acceptors (Lipinski definition) is 6. The Morgan fingerprint density at radius 1 is 1.07 bits per heavy atom. The van der Waals surface area contributed by atoms with Crippen molar-refractivity contribution in [2.75, 3.05) is 40.4 Å². The summed E-state index contributed by atoms with van der Waals surface area (Å²) in [5.74, 6) is 0.807. The Morgan fingerprint density at radius 3 is 2.11 bits per heavy atom. The lowest BCUT2D eigenvalue weighted by atomic mass is 10.1. The van der Waals surface area contributed by atoms with Gasteiger partial charge in [-0.25, -0.2) is 8.42 Å². The molecule has 0 unspecified atom stereocenters. The van der Waals surface area contributed by atoms with Gasteiger partial charge in [-0.2, -0.15) is 4.31 Å². The highest BCUT2D eigenvalue weighted by atomic mass is 79.9. The summed E-state index contributed by atoms with van der Waals surface area (Å²) in [4.78, 5) is 15.5. The molecule has 1 saturated heterocycles. The number of carbonyl (C=O) groups is 1. The molecule has 10 heteroatoms. The highest BCUT2D eigenvalue weighted by molar-refractivity contribution is 9.10. The molecule has 0 N–H and O–H groups in total. The number of halogens is 1. The molecular formula is C18H21BrN2O5S2. The molecule has 0 spiro atoms. The number of rotatable bonds is 5. The van der Waals surface area contributed by atoms with Crippen LogP contribution in [0.3, 0.4) is 0 Å². The molecule has 2 aromatic rings. The molecule has 1 aromatic carbocycles. The standard InChI is InChI=1S/C18H21BrN2O5S2/c1-12-4-5-16(27-12)28(23,24)21-8-6-20(7-9-21)18(22)13-10-14(25-2)17(19)15(11-13)26-3/h4-5,10-11H,6-9H2,1-3H3. The van der Waals surface area contributed by atoms with Gasteiger partial charge >= 0.3 is 0 Å². The van der Waals surface area contributed by atoms with Gasteiger partial charge in [0, 0.05) is 36.6 Å². The fourth-order valence-corrected chi connectivity index (χ4v) is 6.40. The maximum absolute atomic E-state index is 12.9. The predicted octanol–water partition coefficient (Wildman–Crippen LogP) is 2.98. The van der Waals surface area contributed by atoms with Gasteiger partial charge in [-0.3, -0.25) is 4.79 Å². The van der Waals surface area contributed by atoms with Gasteiger partial charge in [0.05, 0.1) is 14.2 Å². The predicted molar refractivity (Wildman–Crippen MR) is 111 cm³/mol. The number of aryl methyl sites for hydroxylation is 1. The molecule has 0 atom stereocenters. The summed E-state index contributed by atoms with van der Waals surface area (Å²) in [7, 11) is -0.479. The van der Waals surface area contributed by atoms with Gasteiger partial charge in [-0.05, 0) is 47.1 Å². The van der Waals surface area contributed by atoms with E-state index in [4.69, 9.17) is 9.47 Å². The van der Waals surface area contributed by atoms with Gasteiger partial charge in [0.2, 0.25) is 0 Å². The minimum absolute atomic E-state index is 0.187. The van der Waals surface area contributed by atoms with Crippen molar-refractivity contribution in [1.82, 2.24) is 9.21 Å². The van der Waals surface area contributed by atoms with Crippen molar-refractivity contribution in [2.24, 2.45) is 0 Å². The zero-order chi connectivity index (χ0) is 20.5. The number of methoxy groups -OCH3 is 2. The van der Waals surface area contributed by atoms with Crippen LogP contribution in [0.15, 0.2) is 32.9 Å². The maximum Gasteiger partial charge on any atom is 0.254 e. The van der Waals surface area contributed by atoms with E-state index in [2.05, 4.69) is 15.9 Å². The van der Waals surface area contributed by atoms with Gasteiger partial charge in [-0.1, -0.05) is 0 Å². The van der Waals surface area contributed by atoms with E-state index in [1.807, 2.05) is 6.92 Å². The number of sulfonamides is 1. The largest absolute Gasteiger partial charge is 0.495 e. The molecule has 28 heavy (non-hydrogen) atoms. The van der Waals surface area contributed by atoms with Crippen molar-refractivity contribution in [1.29, 1.82) is 0 Å². The van der Waals surface area contributed by atoms with Gasteiger partial charge < -0.3 is 14.4 Å². The highest BCUT2D eigenvalue weighted by Crippen LogP contribution is 2.36. The summed E-state index contributed by atoms with van der Waals surface area (Å²) >= 11 is 4.65. The fourth-order valence-electron chi connectivity index (χ4n) is 2.98. The number of carbonyl (C=O) groups excluding carboxylic acids is 1. The average molecular weight is 489 g/mol. The maximum atomic E-state index is 12.9. The summed E-state index contributed by atoms with van der Waals surface area (Å²) < 4.78 is 38.5. The SMILES string of the molecule is COc1cc(C(=O)N2CCN(S(=O)(=O)c3ccc(C)s3)CC2)cc(OC)c1Br. The smallest absolute Gasteiger partial charge is 0.254 e. The number of hydrogen-bond donors (Lipinski definition) is 0. The molecule has 1 fully saturated rings. The van der Waals surface area contributed by atoms with Crippen LogP contribution in [0.2, 0.25) is 0 Å². The summed E-state index contributed by atoms with van der Waals surface area (Å²) in [6.07, 6.45) is 0. The first-order valence-corrected chi connectivity index (χ1v) is 11.6. The monoisotopic (exact) mass is 488 g/mol. The van der Waals surface area contributed by atoms with Gasteiger partial charge in [0.25, 0.3) is 15.9 Å². The average Bonchev–Trinajstić information content (AvgIpc) is 3.15. The van der Waals surface area contributed by atoms with E-state index in [-0.39, 0.29) is 19.0 Å². The molecule has 1 amide bonds. The summed E-state index contributed by atoms with van der Waals surface area (Å²) in [5.41, 5.74) is 0.432. The van der Waals surface area contributed by atoms with Crippen molar-refractivity contribution in [2.45, 2.75) is 11.1 Å². The van der Waals surface area contributed by atoms with E-state index >= 15 is 0 Å². The molecular weight excluding hydrogens is 468 g/mol. The van der Waals surface area contributed by atoms with E-state index in [0.29, 0.717) is 38.8 Å². The molecule has 0 bridgehead atoms. The quantitative estimate of drug-likeness (QED) is 0.646. The Kier molecular flexibility index (Phi) is 6.33. The van der Waals surface area contributed by atoms with Crippen LogP contribution in [-0.4, -0.2) is 63.9 Å². The number of piperazine rings is 1. The molecule has 3 rings (SSSR count). The Hall–Kier alpha value is -1.62. The van der Waals surface area contributed by atoms with Gasteiger partial charge in [0.15, 0.2) is 0 Å². The second-order valence-corrected chi connectivity index (χ2v) is 10.5.